The first-order chi connectivity index (χ1) is 11.9. The first kappa shape index (κ1) is 17.2. The maximum absolute atomic E-state index is 12.0. The summed E-state index contributed by atoms with van der Waals surface area (Å²) in [4.78, 5) is 12.0. The van der Waals surface area contributed by atoms with Gasteiger partial charge in [0.2, 0.25) is 0 Å². The second kappa shape index (κ2) is 6.73. The van der Waals surface area contributed by atoms with E-state index in [9.17, 15) is 14.1 Å². The standard InChI is InChI=1S/C17H17NO6S/c1-23-14-7-6-13(8-15(14)24-25(21)22)18-17(16(19)20)9-11-4-2-3-5-12(11)10-17/h2-8,18H,9-10H2,1H3,(H,19,20)(H,21,22). The number of carboxylic acid groups (broad SMARTS) is 1. The van der Waals surface area contributed by atoms with Gasteiger partial charge in [0, 0.05) is 24.6 Å². The van der Waals surface area contributed by atoms with Crippen LogP contribution in [0.3, 0.4) is 0 Å². The van der Waals surface area contributed by atoms with Crippen molar-refractivity contribution in [3.63, 3.8) is 0 Å². The third-order valence-electron chi connectivity index (χ3n) is 4.22. The van der Waals surface area contributed by atoms with E-state index in [0.29, 0.717) is 18.5 Å². The number of fused-ring (bicyclic) bond motifs is 1. The summed E-state index contributed by atoms with van der Waals surface area (Å²) in [5.41, 5.74) is 1.24. The molecule has 0 aromatic heterocycles. The summed E-state index contributed by atoms with van der Waals surface area (Å²) < 4.78 is 29.8. The lowest BCUT2D eigenvalue weighted by atomic mass is 9.95. The van der Waals surface area contributed by atoms with Crippen LogP contribution in [0.25, 0.3) is 0 Å². The van der Waals surface area contributed by atoms with Crippen molar-refractivity contribution in [3.8, 4) is 11.5 Å². The number of rotatable bonds is 6. The highest BCUT2D eigenvalue weighted by atomic mass is 32.2. The van der Waals surface area contributed by atoms with Crippen molar-refractivity contribution in [1.82, 2.24) is 0 Å². The topological polar surface area (TPSA) is 105 Å². The SMILES string of the molecule is COc1ccc(NC2(C(=O)O)Cc3ccccc3C2)cc1OS(=O)O. The van der Waals surface area contributed by atoms with Crippen LogP contribution < -0.4 is 14.2 Å². The van der Waals surface area contributed by atoms with E-state index < -0.39 is 22.9 Å². The molecule has 0 heterocycles. The molecule has 3 N–H and O–H groups in total. The van der Waals surface area contributed by atoms with Crippen LogP contribution in [0.4, 0.5) is 5.69 Å². The van der Waals surface area contributed by atoms with Gasteiger partial charge in [-0.25, -0.2) is 4.79 Å². The second-order valence-electron chi connectivity index (χ2n) is 5.80. The average Bonchev–Trinajstić information content (AvgIpc) is 2.94. The molecular formula is C17H17NO6S. The smallest absolute Gasteiger partial charge is 0.357 e. The second-order valence-corrected chi connectivity index (χ2v) is 6.40. The molecule has 25 heavy (non-hydrogen) atoms. The van der Waals surface area contributed by atoms with Gasteiger partial charge in [0.15, 0.2) is 11.5 Å². The Balaban J connectivity index is 1.92. The Kier molecular flexibility index (Phi) is 4.65. The summed E-state index contributed by atoms with van der Waals surface area (Å²) in [5, 5.41) is 12.9. The zero-order chi connectivity index (χ0) is 18.0. The van der Waals surface area contributed by atoms with Gasteiger partial charge in [0.25, 0.3) is 0 Å². The van der Waals surface area contributed by atoms with Crippen molar-refractivity contribution in [3.05, 3.63) is 53.6 Å². The average molecular weight is 363 g/mol. The van der Waals surface area contributed by atoms with Crippen molar-refractivity contribution >= 4 is 23.0 Å². The van der Waals surface area contributed by atoms with Gasteiger partial charge < -0.3 is 19.3 Å². The van der Waals surface area contributed by atoms with Crippen molar-refractivity contribution in [2.75, 3.05) is 12.4 Å². The Morgan fingerprint density at radius 1 is 1.16 bits per heavy atom. The number of hydrogen-bond donors (Lipinski definition) is 3. The predicted octanol–water partition coefficient (Wildman–Crippen LogP) is 2.24. The number of benzene rings is 2. The number of hydrogen-bond acceptors (Lipinski definition) is 5. The Hall–Kier alpha value is -2.58. The van der Waals surface area contributed by atoms with E-state index in [-0.39, 0.29) is 11.5 Å². The Bertz CT molecular complexity index is 813. The van der Waals surface area contributed by atoms with E-state index in [1.807, 2.05) is 24.3 Å². The fraction of sp³-hybridized carbons (Fsp3) is 0.235. The van der Waals surface area contributed by atoms with Crippen molar-refractivity contribution in [2.24, 2.45) is 0 Å². The summed E-state index contributed by atoms with van der Waals surface area (Å²) in [6, 6.07) is 12.2. The Morgan fingerprint density at radius 3 is 2.32 bits per heavy atom. The van der Waals surface area contributed by atoms with Gasteiger partial charge in [0.05, 0.1) is 7.11 Å². The minimum atomic E-state index is -2.52. The third-order valence-corrected chi connectivity index (χ3v) is 4.54. The summed E-state index contributed by atoms with van der Waals surface area (Å²) in [6.45, 7) is 0. The van der Waals surface area contributed by atoms with Gasteiger partial charge >= 0.3 is 17.3 Å². The number of aliphatic carboxylic acids is 1. The molecule has 0 bridgehead atoms. The van der Waals surface area contributed by atoms with Gasteiger partial charge in [-0.05, 0) is 23.3 Å². The molecule has 1 aliphatic carbocycles. The molecule has 0 amide bonds. The molecule has 7 nitrogen and oxygen atoms in total. The van der Waals surface area contributed by atoms with Crippen LogP contribution in [0.15, 0.2) is 42.5 Å². The molecule has 0 radical (unpaired) electrons. The van der Waals surface area contributed by atoms with Crippen molar-refractivity contribution < 1.29 is 27.6 Å². The van der Waals surface area contributed by atoms with Crippen LogP contribution in [-0.4, -0.2) is 32.5 Å². The van der Waals surface area contributed by atoms with E-state index in [0.717, 1.165) is 11.1 Å². The molecule has 0 fully saturated rings. The fourth-order valence-electron chi connectivity index (χ4n) is 3.08. The van der Waals surface area contributed by atoms with Crippen molar-refractivity contribution in [2.45, 2.75) is 18.4 Å². The molecule has 0 spiro atoms. The molecule has 2 aromatic carbocycles. The Labute approximate surface area is 147 Å². The Morgan fingerprint density at radius 2 is 1.80 bits per heavy atom. The van der Waals surface area contributed by atoms with Gasteiger partial charge in [-0.1, -0.05) is 24.3 Å². The third kappa shape index (κ3) is 3.45. The van der Waals surface area contributed by atoms with E-state index in [1.54, 1.807) is 12.1 Å². The van der Waals surface area contributed by atoms with Crippen LogP contribution in [0.2, 0.25) is 0 Å². The number of nitrogens with one attached hydrogen (secondary N) is 1. The molecule has 0 saturated carbocycles. The highest BCUT2D eigenvalue weighted by Gasteiger charge is 2.44. The van der Waals surface area contributed by atoms with Crippen LogP contribution in [0, 0.1) is 0 Å². The molecule has 1 aliphatic rings. The molecule has 3 rings (SSSR count). The molecular weight excluding hydrogens is 346 g/mol. The summed E-state index contributed by atoms with van der Waals surface area (Å²) in [6.07, 6.45) is 0.680. The van der Waals surface area contributed by atoms with Gasteiger partial charge in [0.1, 0.15) is 5.54 Å². The number of methoxy groups -OCH3 is 1. The molecule has 132 valence electrons. The van der Waals surface area contributed by atoms with E-state index in [1.165, 1.54) is 13.2 Å². The number of anilines is 1. The molecule has 1 unspecified atom stereocenters. The highest BCUT2D eigenvalue weighted by molar-refractivity contribution is 7.74. The van der Waals surface area contributed by atoms with Gasteiger partial charge in [-0.3, -0.25) is 4.55 Å². The maximum Gasteiger partial charge on any atom is 0.357 e. The number of carbonyl (C=O) groups is 1. The van der Waals surface area contributed by atoms with Gasteiger partial charge in [-0.15, -0.1) is 0 Å². The van der Waals surface area contributed by atoms with Crippen molar-refractivity contribution in [1.29, 1.82) is 0 Å². The zero-order valence-corrected chi connectivity index (χ0v) is 14.2. The molecule has 0 saturated heterocycles. The van der Waals surface area contributed by atoms with E-state index in [4.69, 9.17) is 13.5 Å². The monoisotopic (exact) mass is 363 g/mol. The van der Waals surface area contributed by atoms with Crippen LogP contribution in [0.1, 0.15) is 11.1 Å². The summed E-state index contributed by atoms with van der Waals surface area (Å²) in [7, 11) is 1.40. The first-order valence-corrected chi connectivity index (χ1v) is 8.52. The van der Waals surface area contributed by atoms with Gasteiger partial charge in [-0.2, -0.15) is 4.21 Å². The molecule has 1 atom stereocenters. The number of ether oxygens (including phenoxy) is 1. The molecule has 2 aromatic rings. The minimum Gasteiger partial charge on any atom is -0.493 e. The lowest BCUT2D eigenvalue weighted by Gasteiger charge is -2.27. The molecule has 8 heteroatoms. The zero-order valence-electron chi connectivity index (χ0n) is 13.4. The summed E-state index contributed by atoms with van der Waals surface area (Å²) >= 11 is -2.52. The predicted molar refractivity (Wildman–Crippen MR) is 92.2 cm³/mol. The lowest BCUT2D eigenvalue weighted by Crippen LogP contribution is -2.47. The fourth-order valence-corrected chi connectivity index (χ4v) is 3.36. The normalized spacial score (nSPS) is 15.9. The van der Waals surface area contributed by atoms with Crippen LogP contribution in [0.5, 0.6) is 11.5 Å². The number of carboxylic acids is 1. The van der Waals surface area contributed by atoms with E-state index in [2.05, 4.69) is 5.32 Å². The van der Waals surface area contributed by atoms with E-state index >= 15 is 0 Å². The highest BCUT2D eigenvalue weighted by Crippen LogP contribution is 2.36. The largest absolute Gasteiger partial charge is 0.493 e. The van der Waals surface area contributed by atoms with Crippen LogP contribution >= 0.6 is 0 Å². The quantitative estimate of drug-likeness (QED) is 0.676. The van der Waals surface area contributed by atoms with Crippen LogP contribution in [-0.2, 0) is 29.0 Å². The molecule has 0 aliphatic heterocycles. The lowest BCUT2D eigenvalue weighted by molar-refractivity contribution is -0.142. The summed E-state index contributed by atoms with van der Waals surface area (Å²) in [5.74, 6) is -0.649. The minimum absolute atomic E-state index is 0.0457. The first-order valence-electron chi connectivity index (χ1n) is 7.49. The maximum atomic E-state index is 12.0.